The van der Waals surface area contributed by atoms with Crippen molar-refractivity contribution in [3.05, 3.63) is 48.5 Å². The van der Waals surface area contributed by atoms with Crippen molar-refractivity contribution in [2.45, 2.75) is 77.3 Å². The highest BCUT2D eigenvalue weighted by Crippen LogP contribution is 2.36. The van der Waals surface area contributed by atoms with Crippen molar-refractivity contribution in [1.82, 2.24) is 20.2 Å². The molecule has 2 fully saturated rings. The first-order valence-corrected chi connectivity index (χ1v) is 12.5. The molecule has 33 heavy (non-hydrogen) atoms. The van der Waals surface area contributed by atoms with Crippen molar-refractivity contribution in [1.29, 1.82) is 0 Å². The standard InChI is InChI=1S/C27H36N4O2/c1-3-19(2)26(32)30-25(20-9-5-4-6-10-20)27(33)31-14-8-12-24(31)23-15-22(17-29-18-23)21-11-7-13-28-16-21/h7,11,13,15-20,24-25H,3-6,8-10,12,14H2,1-2H3,(H,30,32). The van der Waals surface area contributed by atoms with Crippen LogP contribution in [0, 0.1) is 11.8 Å². The molecule has 0 radical (unpaired) electrons. The highest BCUT2D eigenvalue weighted by Gasteiger charge is 2.39. The average molecular weight is 449 g/mol. The van der Waals surface area contributed by atoms with Crippen LogP contribution in [0.3, 0.4) is 0 Å². The number of amides is 2. The Bertz CT molecular complexity index is 942. The molecule has 1 saturated carbocycles. The van der Waals surface area contributed by atoms with Crippen LogP contribution < -0.4 is 5.32 Å². The summed E-state index contributed by atoms with van der Waals surface area (Å²) in [7, 11) is 0. The van der Waals surface area contributed by atoms with Crippen molar-refractivity contribution in [2.75, 3.05) is 6.54 Å². The number of pyridine rings is 2. The second kappa shape index (κ2) is 10.9. The zero-order valence-electron chi connectivity index (χ0n) is 19.9. The van der Waals surface area contributed by atoms with Crippen LogP contribution >= 0.6 is 0 Å². The number of hydrogen-bond acceptors (Lipinski definition) is 4. The molecule has 3 heterocycles. The van der Waals surface area contributed by atoms with Crippen LogP contribution in [0.2, 0.25) is 0 Å². The van der Waals surface area contributed by atoms with Gasteiger partial charge in [-0.3, -0.25) is 19.6 Å². The minimum atomic E-state index is -0.429. The highest BCUT2D eigenvalue weighted by atomic mass is 16.2. The van der Waals surface area contributed by atoms with Gasteiger partial charge >= 0.3 is 0 Å². The van der Waals surface area contributed by atoms with Gasteiger partial charge in [0.15, 0.2) is 0 Å². The molecule has 0 spiro atoms. The summed E-state index contributed by atoms with van der Waals surface area (Å²) in [5.74, 6) is 0.212. The lowest BCUT2D eigenvalue weighted by atomic mass is 9.83. The molecule has 1 N–H and O–H groups in total. The first kappa shape index (κ1) is 23.4. The number of nitrogens with zero attached hydrogens (tertiary/aromatic N) is 3. The number of aromatic nitrogens is 2. The van der Waals surface area contributed by atoms with E-state index >= 15 is 0 Å². The van der Waals surface area contributed by atoms with E-state index in [0.29, 0.717) is 0 Å². The lowest BCUT2D eigenvalue weighted by molar-refractivity contribution is -0.140. The molecule has 2 amide bonds. The van der Waals surface area contributed by atoms with E-state index in [9.17, 15) is 9.59 Å². The van der Waals surface area contributed by atoms with Crippen molar-refractivity contribution in [3.63, 3.8) is 0 Å². The molecule has 2 aromatic rings. The predicted molar refractivity (Wildman–Crippen MR) is 129 cm³/mol. The van der Waals surface area contributed by atoms with Gasteiger partial charge in [0.2, 0.25) is 11.8 Å². The zero-order chi connectivity index (χ0) is 23.2. The molecule has 3 atom stereocenters. The normalized spacial score (nSPS) is 20.9. The van der Waals surface area contributed by atoms with E-state index in [1.165, 1.54) is 6.42 Å². The molecular weight excluding hydrogens is 412 g/mol. The van der Waals surface area contributed by atoms with Crippen LogP contribution in [0.1, 0.15) is 76.8 Å². The summed E-state index contributed by atoms with van der Waals surface area (Å²) in [6.45, 7) is 4.68. The summed E-state index contributed by atoms with van der Waals surface area (Å²) in [6, 6.07) is 5.64. The minimum Gasteiger partial charge on any atom is -0.344 e. The quantitative estimate of drug-likeness (QED) is 0.652. The predicted octanol–water partition coefficient (Wildman–Crippen LogP) is 4.92. The zero-order valence-corrected chi connectivity index (χ0v) is 19.9. The Balaban J connectivity index is 1.57. The Morgan fingerprint density at radius 2 is 1.85 bits per heavy atom. The van der Waals surface area contributed by atoms with Gasteiger partial charge in [-0.2, -0.15) is 0 Å². The van der Waals surface area contributed by atoms with E-state index in [1.54, 1.807) is 6.20 Å². The average Bonchev–Trinajstić information content (AvgIpc) is 3.37. The summed E-state index contributed by atoms with van der Waals surface area (Å²) >= 11 is 0. The van der Waals surface area contributed by atoms with Crippen LogP contribution in [-0.2, 0) is 9.59 Å². The maximum atomic E-state index is 13.9. The van der Waals surface area contributed by atoms with Gasteiger partial charge in [0.25, 0.3) is 0 Å². The van der Waals surface area contributed by atoms with E-state index in [-0.39, 0.29) is 29.7 Å². The van der Waals surface area contributed by atoms with Crippen molar-refractivity contribution < 1.29 is 9.59 Å². The third-order valence-corrected chi connectivity index (χ3v) is 7.42. The van der Waals surface area contributed by atoms with E-state index in [1.807, 2.05) is 49.5 Å². The Morgan fingerprint density at radius 1 is 1.06 bits per heavy atom. The molecule has 3 unspecified atom stereocenters. The molecule has 176 valence electrons. The van der Waals surface area contributed by atoms with E-state index in [2.05, 4.69) is 21.4 Å². The molecule has 2 aromatic heterocycles. The van der Waals surface area contributed by atoms with E-state index in [0.717, 1.165) is 68.2 Å². The fourth-order valence-corrected chi connectivity index (χ4v) is 5.22. The maximum absolute atomic E-state index is 13.9. The second-order valence-electron chi connectivity index (χ2n) is 9.63. The summed E-state index contributed by atoms with van der Waals surface area (Å²) in [6.07, 6.45) is 15.5. The van der Waals surface area contributed by atoms with Gasteiger partial charge in [-0.1, -0.05) is 39.2 Å². The Hall–Kier alpha value is -2.76. The Morgan fingerprint density at radius 3 is 2.58 bits per heavy atom. The van der Waals surface area contributed by atoms with Gasteiger partial charge in [-0.05, 0) is 55.7 Å². The van der Waals surface area contributed by atoms with Gasteiger partial charge in [-0.25, -0.2) is 0 Å². The molecule has 1 saturated heterocycles. The number of carbonyl (C=O) groups excluding carboxylic acids is 2. The monoisotopic (exact) mass is 448 g/mol. The van der Waals surface area contributed by atoms with Gasteiger partial charge in [0.05, 0.1) is 6.04 Å². The van der Waals surface area contributed by atoms with Gasteiger partial charge < -0.3 is 10.2 Å². The number of rotatable bonds is 7. The van der Waals surface area contributed by atoms with Gasteiger partial charge in [0, 0.05) is 48.4 Å². The summed E-state index contributed by atoms with van der Waals surface area (Å²) in [4.78, 5) is 37.4. The largest absolute Gasteiger partial charge is 0.344 e. The van der Waals surface area contributed by atoms with E-state index in [4.69, 9.17) is 0 Å². The first-order chi connectivity index (χ1) is 16.1. The maximum Gasteiger partial charge on any atom is 0.245 e. The van der Waals surface area contributed by atoms with Gasteiger partial charge in [0.1, 0.15) is 6.04 Å². The number of hydrogen-bond donors (Lipinski definition) is 1. The third-order valence-electron chi connectivity index (χ3n) is 7.42. The van der Waals surface area contributed by atoms with Crippen LogP contribution in [0.15, 0.2) is 43.0 Å². The van der Waals surface area contributed by atoms with Crippen molar-refractivity contribution >= 4 is 11.8 Å². The van der Waals surface area contributed by atoms with Gasteiger partial charge in [-0.15, -0.1) is 0 Å². The molecule has 6 nitrogen and oxygen atoms in total. The second-order valence-corrected chi connectivity index (χ2v) is 9.63. The smallest absolute Gasteiger partial charge is 0.245 e. The van der Waals surface area contributed by atoms with Crippen molar-refractivity contribution in [2.24, 2.45) is 11.8 Å². The van der Waals surface area contributed by atoms with Crippen LogP contribution in [0.4, 0.5) is 0 Å². The van der Waals surface area contributed by atoms with E-state index < -0.39 is 6.04 Å². The molecule has 1 aliphatic heterocycles. The summed E-state index contributed by atoms with van der Waals surface area (Å²) in [5.41, 5.74) is 3.08. The molecule has 4 rings (SSSR count). The molecule has 0 bridgehead atoms. The fourth-order valence-electron chi connectivity index (χ4n) is 5.22. The fraction of sp³-hybridized carbons (Fsp3) is 0.556. The van der Waals surface area contributed by atoms with Crippen LogP contribution in [0.25, 0.3) is 11.1 Å². The Labute approximate surface area is 197 Å². The third kappa shape index (κ3) is 5.43. The van der Waals surface area contributed by atoms with Crippen LogP contribution in [0.5, 0.6) is 0 Å². The molecular formula is C27H36N4O2. The summed E-state index contributed by atoms with van der Waals surface area (Å²) < 4.78 is 0. The Kier molecular flexibility index (Phi) is 7.73. The number of likely N-dealkylation sites (tertiary alicyclic amines) is 1. The lowest BCUT2D eigenvalue weighted by Crippen LogP contribution is -2.53. The molecule has 2 aliphatic rings. The number of carbonyl (C=O) groups is 2. The highest BCUT2D eigenvalue weighted by molar-refractivity contribution is 5.89. The number of nitrogens with one attached hydrogen (secondary N) is 1. The SMILES string of the molecule is CCC(C)C(=O)NC(C(=O)N1CCCC1c1cncc(-c2cccnc2)c1)C1CCCCC1. The minimum absolute atomic E-state index is 0.00240. The topological polar surface area (TPSA) is 75.2 Å². The van der Waals surface area contributed by atoms with Crippen LogP contribution in [-0.4, -0.2) is 39.3 Å². The lowest BCUT2D eigenvalue weighted by Gasteiger charge is -2.35. The first-order valence-electron chi connectivity index (χ1n) is 12.5. The summed E-state index contributed by atoms with van der Waals surface area (Å²) in [5, 5.41) is 3.17. The van der Waals surface area contributed by atoms with Crippen molar-refractivity contribution in [3.8, 4) is 11.1 Å². The molecule has 1 aliphatic carbocycles. The molecule has 0 aromatic carbocycles. The molecule has 6 heteroatoms.